The van der Waals surface area contributed by atoms with Crippen molar-refractivity contribution >= 4 is 18.2 Å². The maximum Gasteiger partial charge on any atom is 0.326 e. The van der Waals surface area contributed by atoms with Crippen LogP contribution in [-0.4, -0.2) is 26.7 Å². The van der Waals surface area contributed by atoms with Crippen molar-refractivity contribution in [2.75, 3.05) is 6.54 Å². The lowest BCUT2D eigenvalue weighted by Gasteiger charge is -2.02. The first kappa shape index (κ1) is 8.85. The zero-order chi connectivity index (χ0) is 8.81. The Morgan fingerprint density at radius 1 is 1.58 bits per heavy atom. The van der Waals surface area contributed by atoms with Crippen molar-refractivity contribution in [3.05, 3.63) is 12.7 Å². The molecule has 1 rings (SSSR count). The second kappa shape index (κ2) is 4.60. The second-order valence-corrected chi connectivity index (χ2v) is 2.68. The lowest BCUT2D eigenvalue weighted by atomic mass is 10.7. The number of urea groups is 1. The smallest absolute Gasteiger partial charge is 0.326 e. The highest BCUT2D eigenvalue weighted by Gasteiger charge is 1.97. The molecule has 0 saturated heterocycles. The Hall–Kier alpha value is -1.24. The molecular weight excluding hydrogens is 178 g/mol. The fourth-order valence-corrected chi connectivity index (χ4v) is 0.968. The number of nitrogens with one attached hydrogen (secondary N) is 2. The van der Waals surface area contributed by atoms with Gasteiger partial charge in [-0.3, -0.25) is 4.72 Å². The van der Waals surface area contributed by atoms with Gasteiger partial charge in [-0.25, -0.2) is 8.77 Å². The monoisotopic (exact) mass is 187 g/mol. The maximum atomic E-state index is 10.8. The van der Waals surface area contributed by atoms with Crippen molar-refractivity contribution in [3.63, 3.8) is 0 Å². The van der Waals surface area contributed by atoms with Crippen LogP contribution in [0, 0.1) is 0 Å². The van der Waals surface area contributed by atoms with Crippen LogP contribution >= 0.6 is 12.1 Å². The highest BCUT2D eigenvalue weighted by atomic mass is 32.2. The van der Waals surface area contributed by atoms with Crippen LogP contribution in [0.5, 0.6) is 0 Å². The standard InChI is InChI=1S/C5H9N5OS/c1-2-6-5(11)9-12-10-3-7-8-4-10/h3-4H,2H2,1H3,(H2,6,9,11). The number of hydrogen-bond acceptors (Lipinski definition) is 4. The van der Waals surface area contributed by atoms with E-state index in [0.717, 1.165) is 12.1 Å². The summed E-state index contributed by atoms with van der Waals surface area (Å²) in [5, 5.41) is 9.72. The first-order valence-corrected chi connectivity index (χ1v) is 4.16. The molecule has 6 nitrogen and oxygen atoms in total. The summed E-state index contributed by atoms with van der Waals surface area (Å²) in [7, 11) is 0. The number of carbonyl (C=O) groups is 1. The van der Waals surface area contributed by atoms with E-state index in [0.29, 0.717) is 6.54 Å². The van der Waals surface area contributed by atoms with Crippen LogP contribution in [0.25, 0.3) is 0 Å². The molecule has 1 aromatic rings. The maximum absolute atomic E-state index is 10.8. The largest absolute Gasteiger partial charge is 0.338 e. The summed E-state index contributed by atoms with van der Waals surface area (Å²) >= 11 is 1.10. The van der Waals surface area contributed by atoms with E-state index < -0.39 is 0 Å². The van der Waals surface area contributed by atoms with E-state index in [1.165, 1.54) is 12.7 Å². The normalized spacial score (nSPS) is 9.42. The van der Waals surface area contributed by atoms with Gasteiger partial charge >= 0.3 is 6.03 Å². The van der Waals surface area contributed by atoms with Crippen LogP contribution in [0.2, 0.25) is 0 Å². The molecule has 0 aliphatic carbocycles. The molecule has 0 aliphatic rings. The number of amides is 2. The van der Waals surface area contributed by atoms with Gasteiger partial charge in [0.2, 0.25) is 0 Å². The Kier molecular flexibility index (Phi) is 3.39. The van der Waals surface area contributed by atoms with E-state index in [2.05, 4.69) is 20.2 Å². The van der Waals surface area contributed by atoms with Crippen LogP contribution < -0.4 is 10.0 Å². The fourth-order valence-electron chi connectivity index (χ4n) is 0.529. The molecule has 0 atom stereocenters. The van der Waals surface area contributed by atoms with E-state index >= 15 is 0 Å². The highest BCUT2D eigenvalue weighted by Crippen LogP contribution is 1.95. The highest BCUT2D eigenvalue weighted by molar-refractivity contribution is 7.96. The topological polar surface area (TPSA) is 71.8 Å². The Balaban J connectivity index is 2.22. The number of nitrogens with zero attached hydrogens (tertiary/aromatic N) is 3. The number of hydrogen-bond donors (Lipinski definition) is 2. The molecule has 0 aromatic carbocycles. The summed E-state index contributed by atoms with van der Waals surface area (Å²) in [6.07, 6.45) is 2.99. The van der Waals surface area contributed by atoms with Crippen molar-refractivity contribution in [2.24, 2.45) is 0 Å². The lowest BCUT2D eigenvalue weighted by Crippen LogP contribution is -2.31. The van der Waals surface area contributed by atoms with E-state index in [4.69, 9.17) is 0 Å². The molecule has 7 heteroatoms. The Bertz CT molecular complexity index is 236. The van der Waals surface area contributed by atoms with E-state index in [1.54, 1.807) is 3.97 Å². The zero-order valence-corrected chi connectivity index (χ0v) is 7.34. The number of carbonyl (C=O) groups excluding carboxylic acids is 1. The molecule has 12 heavy (non-hydrogen) atoms. The van der Waals surface area contributed by atoms with Crippen molar-refractivity contribution in [2.45, 2.75) is 6.92 Å². The molecule has 1 aromatic heterocycles. The van der Waals surface area contributed by atoms with Gasteiger partial charge in [0.05, 0.1) is 12.1 Å². The minimum atomic E-state index is -0.226. The Labute approximate surface area is 74.0 Å². The molecule has 0 radical (unpaired) electrons. The molecule has 0 spiro atoms. The number of rotatable bonds is 3. The van der Waals surface area contributed by atoms with Crippen molar-refractivity contribution in [3.8, 4) is 0 Å². The SMILES string of the molecule is CCNC(=O)NSn1cnnc1. The molecule has 0 unspecified atom stereocenters. The average molecular weight is 187 g/mol. The summed E-state index contributed by atoms with van der Waals surface area (Å²) in [5.41, 5.74) is 0. The molecule has 0 aliphatic heterocycles. The average Bonchev–Trinajstić information content (AvgIpc) is 2.53. The quantitative estimate of drug-likeness (QED) is 0.654. The van der Waals surface area contributed by atoms with Gasteiger partial charge in [0, 0.05) is 6.54 Å². The summed E-state index contributed by atoms with van der Waals surface area (Å²) in [5.74, 6) is 0. The van der Waals surface area contributed by atoms with Gasteiger partial charge in [0.15, 0.2) is 0 Å². The molecule has 2 amide bonds. The Morgan fingerprint density at radius 2 is 2.25 bits per heavy atom. The van der Waals surface area contributed by atoms with Gasteiger partial charge in [0.25, 0.3) is 0 Å². The van der Waals surface area contributed by atoms with Gasteiger partial charge < -0.3 is 5.32 Å². The Morgan fingerprint density at radius 3 is 2.83 bits per heavy atom. The minimum Gasteiger partial charge on any atom is -0.338 e. The van der Waals surface area contributed by atoms with Gasteiger partial charge in [-0.1, -0.05) is 0 Å². The fraction of sp³-hybridized carbons (Fsp3) is 0.400. The summed E-state index contributed by atoms with van der Waals surface area (Å²) < 4.78 is 4.11. The van der Waals surface area contributed by atoms with Crippen LogP contribution in [0.3, 0.4) is 0 Å². The third kappa shape index (κ3) is 2.79. The predicted molar refractivity (Wildman–Crippen MR) is 45.2 cm³/mol. The summed E-state index contributed by atoms with van der Waals surface area (Å²) in [4.78, 5) is 10.8. The third-order valence-electron chi connectivity index (χ3n) is 0.979. The van der Waals surface area contributed by atoms with Crippen LogP contribution in [0.1, 0.15) is 6.92 Å². The van der Waals surface area contributed by atoms with Gasteiger partial charge in [-0.05, 0) is 6.92 Å². The second-order valence-electron chi connectivity index (χ2n) is 1.87. The van der Waals surface area contributed by atoms with Crippen molar-refractivity contribution < 1.29 is 4.79 Å². The molecule has 2 N–H and O–H groups in total. The first-order chi connectivity index (χ1) is 5.83. The zero-order valence-electron chi connectivity index (χ0n) is 6.52. The molecule has 0 saturated carbocycles. The van der Waals surface area contributed by atoms with Crippen LogP contribution in [0.15, 0.2) is 12.7 Å². The van der Waals surface area contributed by atoms with E-state index in [9.17, 15) is 4.79 Å². The molecule has 0 bridgehead atoms. The first-order valence-electron chi connectivity index (χ1n) is 3.38. The van der Waals surface area contributed by atoms with Crippen molar-refractivity contribution in [1.82, 2.24) is 24.2 Å². The molecule has 1 heterocycles. The van der Waals surface area contributed by atoms with Gasteiger partial charge in [0.1, 0.15) is 12.7 Å². The van der Waals surface area contributed by atoms with Crippen LogP contribution in [0.4, 0.5) is 4.79 Å². The number of aromatic nitrogens is 3. The van der Waals surface area contributed by atoms with E-state index in [1.807, 2.05) is 6.92 Å². The van der Waals surface area contributed by atoms with E-state index in [-0.39, 0.29) is 6.03 Å². The molecular formula is C5H9N5OS. The van der Waals surface area contributed by atoms with Gasteiger partial charge in [-0.15, -0.1) is 10.2 Å². The molecule has 66 valence electrons. The van der Waals surface area contributed by atoms with Gasteiger partial charge in [-0.2, -0.15) is 0 Å². The predicted octanol–water partition coefficient (Wildman–Crippen LogP) is 0.00850. The van der Waals surface area contributed by atoms with Crippen molar-refractivity contribution in [1.29, 1.82) is 0 Å². The third-order valence-corrected chi connectivity index (χ3v) is 1.65. The summed E-state index contributed by atoms with van der Waals surface area (Å²) in [6.45, 7) is 2.46. The summed E-state index contributed by atoms with van der Waals surface area (Å²) in [6, 6.07) is -0.226. The lowest BCUT2D eigenvalue weighted by molar-refractivity contribution is 0.247. The van der Waals surface area contributed by atoms with Crippen LogP contribution in [-0.2, 0) is 0 Å². The molecule has 0 fully saturated rings. The minimum absolute atomic E-state index is 0.226.